The summed E-state index contributed by atoms with van der Waals surface area (Å²) in [5, 5.41) is 9.41. The number of rotatable bonds is 5. The molecule has 0 bridgehead atoms. The average Bonchev–Trinajstić information content (AvgIpc) is 3.29. The van der Waals surface area contributed by atoms with Gasteiger partial charge < -0.3 is 20.4 Å². The number of amides is 3. The predicted molar refractivity (Wildman–Crippen MR) is 145 cm³/mol. The number of likely N-dealkylation sites (N-methyl/N-ethyl adjacent to an activating group) is 1. The summed E-state index contributed by atoms with van der Waals surface area (Å²) in [4.78, 5) is 55.8. The molecule has 1 aliphatic heterocycles. The highest BCUT2D eigenvalue weighted by molar-refractivity contribution is 7.82. The summed E-state index contributed by atoms with van der Waals surface area (Å²) in [7, 11) is 5.48. The van der Waals surface area contributed by atoms with Gasteiger partial charge in [0.25, 0.3) is 11.8 Å². The predicted octanol–water partition coefficient (Wildman–Crippen LogP) is 1.49. The number of nitrogens with zero attached hydrogens (tertiary/aromatic N) is 5. The summed E-state index contributed by atoms with van der Waals surface area (Å²) in [5.74, 6) is -1.04. The molecule has 2 aromatic rings. The smallest absolute Gasteiger partial charge is 0.285 e. The van der Waals surface area contributed by atoms with E-state index in [2.05, 4.69) is 35.8 Å². The van der Waals surface area contributed by atoms with Crippen molar-refractivity contribution in [3.05, 3.63) is 33.0 Å². The van der Waals surface area contributed by atoms with Crippen molar-refractivity contribution in [2.75, 3.05) is 33.0 Å². The summed E-state index contributed by atoms with van der Waals surface area (Å²) in [6.07, 6.45) is 5.10. The molecule has 0 saturated heterocycles. The Kier molecular flexibility index (Phi) is 8.67. The van der Waals surface area contributed by atoms with E-state index in [9.17, 15) is 14.4 Å². The van der Waals surface area contributed by atoms with Crippen molar-refractivity contribution in [1.29, 1.82) is 0 Å². The molecule has 1 fully saturated rings. The molecule has 1 saturated carbocycles. The van der Waals surface area contributed by atoms with E-state index in [1.54, 1.807) is 19.0 Å². The van der Waals surface area contributed by atoms with E-state index in [4.69, 9.17) is 23.8 Å². The standard InChI is InChI=1S/C23H29ClN8O3S2/c1-31(2)22(35)12-4-5-14(28-20(36)18(33)30-23-25-9-13(24)10-26-23)16(8-12)27-19(34)21-29-15-6-7-32(3)11-17(15)37-21/h9-10,12,14,16H,4-8,11H2,1-3H3,(H,27,34)(H,28,36)(H,25,26,30,33)/t12-,14-,16+/m0/s1. The van der Waals surface area contributed by atoms with Gasteiger partial charge in [-0.15, -0.1) is 11.3 Å². The molecule has 0 unspecified atom stereocenters. The van der Waals surface area contributed by atoms with E-state index in [0.29, 0.717) is 29.3 Å². The number of hydrogen-bond acceptors (Lipinski definition) is 9. The largest absolute Gasteiger partial charge is 0.367 e. The van der Waals surface area contributed by atoms with Crippen LogP contribution in [0.4, 0.5) is 5.95 Å². The number of anilines is 1. The second kappa shape index (κ2) is 11.8. The third-order valence-electron chi connectivity index (χ3n) is 6.44. The molecule has 3 amide bonds. The van der Waals surface area contributed by atoms with Crippen LogP contribution in [0.3, 0.4) is 0 Å². The highest BCUT2D eigenvalue weighted by Gasteiger charge is 2.37. The number of carbonyl (C=O) groups excluding carboxylic acids is 3. The summed E-state index contributed by atoms with van der Waals surface area (Å²) < 4.78 is 0. The minimum absolute atomic E-state index is 0.00524. The fourth-order valence-electron chi connectivity index (χ4n) is 4.51. The minimum atomic E-state index is -0.578. The van der Waals surface area contributed by atoms with Crippen LogP contribution in [-0.2, 0) is 22.6 Å². The van der Waals surface area contributed by atoms with Gasteiger partial charge in [-0.1, -0.05) is 23.8 Å². The second-order valence-corrected chi connectivity index (χ2v) is 11.4. The van der Waals surface area contributed by atoms with Crippen LogP contribution >= 0.6 is 35.2 Å². The lowest BCUT2D eigenvalue weighted by Gasteiger charge is -2.37. The summed E-state index contributed by atoms with van der Waals surface area (Å²) in [6.45, 7) is 1.68. The topological polar surface area (TPSA) is 132 Å². The Morgan fingerprint density at radius 3 is 2.59 bits per heavy atom. The van der Waals surface area contributed by atoms with Crippen LogP contribution in [0.25, 0.3) is 0 Å². The van der Waals surface area contributed by atoms with Gasteiger partial charge in [0.1, 0.15) is 0 Å². The first-order chi connectivity index (χ1) is 17.6. The number of thiazole rings is 1. The van der Waals surface area contributed by atoms with E-state index in [1.807, 2.05) is 7.05 Å². The molecular formula is C23H29ClN8O3S2. The van der Waals surface area contributed by atoms with Gasteiger partial charge in [0.15, 0.2) is 10.00 Å². The zero-order valence-electron chi connectivity index (χ0n) is 20.8. The van der Waals surface area contributed by atoms with Gasteiger partial charge in [-0.25, -0.2) is 15.0 Å². The quantitative estimate of drug-likeness (QED) is 0.462. The molecule has 37 heavy (non-hydrogen) atoms. The molecule has 3 atom stereocenters. The third-order valence-corrected chi connectivity index (χ3v) is 8.02. The summed E-state index contributed by atoms with van der Waals surface area (Å²) >= 11 is 12.5. The van der Waals surface area contributed by atoms with Gasteiger partial charge in [-0.3, -0.25) is 19.7 Å². The van der Waals surface area contributed by atoms with E-state index in [-0.39, 0.29) is 34.7 Å². The lowest BCUT2D eigenvalue weighted by molar-refractivity contribution is -0.134. The first-order valence-corrected chi connectivity index (χ1v) is 13.5. The van der Waals surface area contributed by atoms with Crippen LogP contribution in [0.5, 0.6) is 0 Å². The number of aromatic nitrogens is 3. The molecule has 3 heterocycles. The first kappa shape index (κ1) is 27.3. The molecule has 198 valence electrons. The van der Waals surface area contributed by atoms with Crippen LogP contribution in [0.2, 0.25) is 5.02 Å². The van der Waals surface area contributed by atoms with Crippen LogP contribution in [0.15, 0.2) is 12.4 Å². The molecule has 14 heteroatoms. The fourth-order valence-corrected chi connectivity index (χ4v) is 5.90. The maximum Gasteiger partial charge on any atom is 0.285 e. The molecule has 2 aromatic heterocycles. The summed E-state index contributed by atoms with van der Waals surface area (Å²) in [6, 6.07) is -0.781. The maximum absolute atomic E-state index is 13.2. The van der Waals surface area contributed by atoms with E-state index in [0.717, 1.165) is 30.1 Å². The van der Waals surface area contributed by atoms with Crippen molar-refractivity contribution in [2.45, 2.75) is 44.3 Å². The van der Waals surface area contributed by atoms with Crippen LogP contribution < -0.4 is 16.0 Å². The maximum atomic E-state index is 13.2. The highest BCUT2D eigenvalue weighted by atomic mass is 35.5. The molecule has 0 spiro atoms. The van der Waals surface area contributed by atoms with Gasteiger partial charge in [0, 0.05) is 50.4 Å². The lowest BCUT2D eigenvalue weighted by atomic mass is 9.81. The monoisotopic (exact) mass is 564 g/mol. The molecule has 1 aliphatic carbocycles. The Morgan fingerprint density at radius 1 is 1.16 bits per heavy atom. The minimum Gasteiger partial charge on any atom is -0.367 e. The van der Waals surface area contributed by atoms with Gasteiger partial charge in [-0.05, 0) is 26.3 Å². The SMILES string of the molecule is CN1CCc2nc(C(=O)N[C@@H]3C[C@@H](C(=O)N(C)C)CC[C@@H]3NC(=S)C(=O)Nc3ncc(Cl)cn3)sc2C1. The van der Waals surface area contributed by atoms with Gasteiger partial charge in [-0.2, -0.15) is 0 Å². The Hall–Kier alpha value is -2.74. The van der Waals surface area contributed by atoms with E-state index >= 15 is 0 Å². The number of nitrogens with one attached hydrogen (secondary N) is 3. The summed E-state index contributed by atoms with van der Waals surface area (Å²) in [5.41, 5.74) is 0.967. The Bertz CT molecular complexity index is 1190. The van der Waals surface area contributed by atoms with E-state index < -0.39 is 11.9 Å². The molecule has 4 rings (SSSR count). The zero-order chi connectivity index (χ0) is 26.7. The van der Waals surface area contributed by atoms with Crippen molar-refractivity contribution in [3.63, 3.8) is 0 Å². The fraction of sp³-hybridized carbons (Fsp3) is 0.522. The second-order valence-electron chi connectivity index (χ2n) is 9.46. The number of hydrogen-bond donors (Lipinski definition) is 3. The zero-order valence-corrected chi connectivity index (χ0v) is 23.2. The first-order valence-electron chi connectivity index (χ1n) is 11.9. The molecule has 0 radical (unpaired) electrons. The molecular weight excluding hydrogens is 536 g/mol. The number of halogens is 1. The Labute approximate surface area is 229 Å². The highest BCUT2D eigenvalue weighted by Crippen LogP contribution is 2.28. The molecule has 11 nitrogen and oxygen atoms in total. The van der Waals surface area contributed by atoms with E-state index in [1.165, 1.54) is 23.7 Å². The van der Waals surface area contributed by atoms with Crippen LogP contribution in [0.1, 0.15) is 39.6 Å². The molecule has 0 aromatic carbocycles. The molecule has 2 aliphatic rings. The average molecular weight is 565 g/mol. The van der Waals surface area contributed by atoms with Crippen molar-refractivity contribution in [3.8, 4) is 0 Å². The van der Waals surface area contributed by atoms with Gasteiger partial charge >= 0.3 is 0 Å². The van der Waals surface area contributed by atoms with Crippen molar-refractivity contribution in [1.82, 2.24) is 35.4 Å². The van der Waals surface area contributed by atoms with Crippen LogP contribution in [-0.4, -0.2) is 87.2 Å². The van der Waals surface area contributed by atoms with Crippen molar-refractivity contribution in [2.24, 2.45) is 5.92 Å². The van der Waals surface area contributed by atoms with Gasteiger partial charge in [0.05, 0.1) is 29.2 Å². The van der Waals surface area contributed by atoms with Crippen LogP contribution in [0, 0.1) is 5.92 Å². The number of fused-ring (bicyclic) bond motifs is 1. The lowest BCUT2D eigenvalue weighted by Crippen LogP contribution is -2.57. The number of carbonyl (C=O) groups is 3. The Balaban J connectivity index is 1.45. The normalized spacial score (nSPS) is 21.5. The third kappa shape index (κ3) is 6.78. The van der Waals surface area contributed by atoms with Crippen molar-refractivity contribution >= 4 is 63.8 Å². The number of thiocarbonyl (C=S) groups is 1. The van der Waals surface area contributed by atoms with Crippen molar-refractivity contribution < 1.29 is 14.4 Å². The molecule has 3 N–H and O–H groups in total. The Morgan fingerprint density at radius 2 is 1.89 bits per heavy atom. The van der Waals surface area contributed by atoms with Gasteiger partial charge in [0.2, 0.25) is 11.9 Å².